The van der Waals surface area contributed by atoms with Crippen molar-refractivity contribution in [1.29, 1.82) is 0 Å². The summed E-state index contributed by atoms with van der Waals surface area (Å²) in [5, 5.41) is 0.0813. The van der Waals surface area contributed by atoms with Gasteiger partial charge in [0.2, 0.25) is 0 Å². The molecule has 0 saturated carbocycles. The fourth-order valence-electron chi connectivity index (χ4n) is 5.15. The van der Waals surface area contributed by atoms with Crippen LogP contribution in [0.1, 0.15) is 19.4 Å². The summed E-state index contributed by atoms with van der Waals surface area (Å²) >= 11 is 6.58. The van der Waals surface area contributed by atoms with Gasteiger partial charge in [0.25, 0.3) is 0 Å². The Labute approximate surface area is 188 Å². The molecule has 31 heavy (non-hydrogen) atoms. The molecule has 0 amide bonds. The van der Waals surface area contributed by atoms with Gasteiger partial charge in [-0.3, -0.25) is 0 Å². The van der Waals surface area contributed by atoms with Crippen LogP contribution in [-0.2, 0) is 36.0 Å². The van der Waals surface area contributed by atoms with E-state index in [1.165, 1.54) is 14.2 Å². The van der Waals surface area contributed by atoms with Crippen LogP contribution >= 0.6 is 6.04 Å². The van der Waals surface area contributed by atoms with Gasteiger partial charge < -0.3 is 9.47 Å². The van der Waals surface area contributed by atoms with Crippen LogP contribution in [0.15, 0.2) is 83.5 Å². The van der Waals surface area contributed by atoms with E-state index >= 15 is 0 Å². The maximum absolute atomic E-state index is 13.4. The molecule has 2 aromatic carbocycles. The average Bonchev–Trinajstić information content (AvgIpc) is 2.80. The Kier molecular flexibility index (Phi) is 5.31. The molecule has 160 valence electrons. The summed E-state index contributed by atoms with van der Waals surface area (Å²) in [6.07, 6.45) is 2.71. The molecule has 2 bridgehead atoms. The number of allylic oxidation sites excluding steroid dienone is 2. The molecule has 0 spiro atoms. The van der Waals surface area contributed by atoms with E-state index in [-0.39, 0.29) is 0 Å². The highest BCUT2D eigenvalue weighted by atomic mass is 32.4. The van der Waals surface area contributed by atoms with Crippen LogP contribution in [-0.4, -0.2) is 32.3 Å². The first-order valence-electron chi connectivity index (χ1n) is 10.1. The minimum atomic E-state index is -2.50. The van der Waals surface area contributed by atoms with Crippen molar-refractivity contribution in [3.05, 3.63) is 89.0 Å². The number of hydrogen-bond donors (Lipinski definition) is 0. The Morgan fingerprint density at radius 1 is 0.903 bits per heavy atom. The first-order valence-corrected chi connectivity index (χ1v) is 13.1. The highest BCUT2D eigenvalue weighted by molar-refractivity contribution is 8.19. The minimum Gasteiger partial charge on any atom is -0.466 e. The first-order chi connectivity index (χ1) is 14.8. The second kappa shape index (κ2) is 7.58. The summed E-state index contributed by atoms with van der Waals surface area (Å²) in [6.45, 7) is 4.00. The number of esters is 2. The standard InChI is InChI=1S/C25H25O4PS/c1-17-15-25(18-11-7-5-8-12-18)21(23(27)29-4)20(22(26)28-3)24(17,2)16-30(25,31)19-13-9-6-10-14-19/h5-15H,16H2,1-4H3. The van der Waals surface area contributed by atoms with Gasteiger partial charge in [-0.1, -0.05) is 91.0 Å². The van der Waals surface area contributed by atoms with Crippen LogP contribution in [0.4, 0.5) is 0 Å². The van der Waals surface area contributed by atoms with Crippen molar-refractivity contribution in [1.82, 2.24) is 0 Å². The van der Waals surface area contributed by atoms with Crippen molar-refractivity contribution in [2.75, 3.05) is 20.4 Å². The van der Waals surface area contributed by atoms with Crippen molar-refractivity contribution in [2.24, 2.45) is 5.41 Å². The highest BCUT2D eigenvalue weighted by Crippen LogP contribution is 2.77. The Bertz CT molecular complexity index is 1170. The number of rotatable bonds is 4. The predicted octanol–water partition coefficient (Wildman–Crippen LogP) is 4.31. The topological polar surface area (TPSA) is 52.6 Å². The lowest BCUT2D eigenvalue weighted by molar-refractivity contribution is -0.140. The monoisotopic (exact) mass is 452 g/mol. The fourth-order valence-corrected chi connectivity index (χ4v) is 11.4. The predicted molar refractivity (Wildman–Crippen MR) is 126 cm³/mol. The van der Waals surface area contributed by atoms with Gasteiger partial charge in [0.05, 0.1) is 30.5 Å². The van der Waals surface area contributed by atoms with Gasteiger partial charge in [0.15, 0.2) is 0 Å². The van der Waals surface area contributed by atoms with E-state index in [0.717, 1.165) is 16.4 Å². The molecule has 3 atom stereocenters. The summed E-state index contributed by atoms with van der Waals surface area (Å²) in [5.74, 6) is -1.05. The molecular formula is C25H25O4PS. The zero-order valence-electron chi connectivity index (χ0n) is 18.0. The second-order valence-electron chi connectivity index (χ2n) is 8.26. The molecule has 0 N–H and O–H groups in total. The molecule has 3 aliphatic rings. The van der Waals surface area contributed by atoms with Gasteiger partial charge in [-0.25, -0.2) is 9.59 Å². The van der Waals surface area contributed by atoms with Gasteiger partial charge >= 0.3 is 11.9 Å². The Hall–Kier alpha value is -2.49. The van der Waals surface area contributed by atoms with Crippen LogP contribution in [0.5, 0.6) is 0 Å². The van der Waals surface area contributed by atoms with Crippen molar-refractivity contribution in [2.45, 2.75) is 19.0 Å². The molecular weight excluding hydrogens is 427 g/mol. The average molecular weight is 453 g/mol. The lowest BCUT2D eigenvalue weighted by atomic mass is 9.66. The lowest BCUT2D eigenvalue weighted by Gasteiger charge is -2.57. The van der Waals surface area contributed by atoms with Crippen LogP contribution in [0.25, 0.3) is 0 Å². The quantitative estimate of drug-likeness (QED) is 0.393. The second-order valence-corrected chi connectivity index (χ2v) is 13.1. The van der Waals surface area contributed by atoms with E-state index in [1.54, 1.807) is 0 Å². The Morgan fingerprint density at radius 2 is 1.42 bits per heavy atom. The first kappa shape index (κ1) is 21.7. The Balaban J connectivity index is 2.22. The zero-order chi connectivity index (χ0) is 22.4. The molecule has 3 unspecified atom stereocenters. The van der Waals surface area contributed by atoms with Crippen molar-refractivity contribution in [3.63, 3.8) is 0 Å². The highest BCUT2D eigenvalue weighted by Gasteiger charge is 2.64. The van der Waals surface area contributed by atoms with E-state index < -0.39 is 28.5 Å². The van der Waals surface area contributed by atoms with Crippen LogP contribution in [0.2, 0.25) is 0 Å². The molecule has 0 fully saturated rings. The summed E-state index contributed by atoms with van der Waals surface area (Å²) < 4.78 is 10.4. The van der Waals surface area contributed by atoms with Crippen LogP contribution < -0.4 is 5.30 Å². The summed E-state index contributed by atoms with van der Waals surface area (Å²) in [7, 11) is 2.69. The van der Waals surface area contributed by atoms with Gasteiger partial charge in [0, 0.05) is 11.5 Å². The van der Waals surface area contributed by atoms with Crippen LogP contribution in [0, 0.1) is 5.41 Å². The van der Waals surface area contributed by atoms with Gasteiger partial charge in [-0.05, 0) is 24.0 Å². The van der Waals surface area contributed by atoms with Crippen molar-refractivity contribution in [3.8, 4) is 0 Å². The molecule has 5 rings (SSSR count). The van der Waals surface area contributed by atoms with Gasteiger partial charge in [-0.15, -0.1) is 0 Å². The summed E-state index contributed by atoms with van der Waals surface area (Å²) in [4.78, 5) is 26.5. The molecule has 0 saturated heterocycles. The third kappa shape index (κ3) is 2.83. The molecule has 6 heteroatoms. The molecule has 0 radical (unpaired) electrons. The van der Waals surface area contributed by atoms with E-state index in [2.05, 4.69) is 6.08 Å². The molecule has 1 aliphatic carbocycles. The third-order valence-electron chi connectivity index (χ3n) is 6.75. The molecule has 2 heterocycles. The maximum atomic E-state index is 13.4. The fraction of sp³-hybridized carbons (Fsp3) is 0.280. The van der Waals surface area contributed by atoms with E-state index in [9.17, 15) is 9.59 Å². The normalized spacial score (nSPS) is 29.4. The number of fused-ring (bicyclic) bond motifs is 1. The van der Waals surface area contributed by atoms with Crippen LogP contribution in [0.3, 0.4) is 0 Å². The van der Waals surface area contributed by atoms with E-state index in [1.807, 2.05) is 74.5 Å². The number of ether oxygens (including phenoxy) is 2. The van der Waals surface area contributed by atoms with Gasteiger partial charge in [-0.2, -0.15) is 0 Å². The largest absolute Gasteiger partial charge is 0.466 e. The Morgan fingerprint density at radius 3 is 1.97 bits per heavy atom. The van der Waals surface area contributed by atoms with Crippen molar-refractivity contribution < 1.29 is 19.1 Å². The SMILES string of the molecule is COC(=O)C1=C(C(=O)OC)C2(c3ccccc3)C=C(C)C1(C)CP2(=S)c1ccccc1. The molecule has 0 aromatic heterocycles. The third-order valence-corrected chi connectivity index (χ3v) is 12.6. The minimum absolute atomic E-state index is 0.319. The molecule has 2 aromatic rings. The lowest BCUT2D eigenvalue weighted by Crippen LogP contribution is -2.52. The maximum Gasteiger partial charge on any atom is 0.335 e. The number of benzene rings is 2. The summed E-state index contributed by atoms with van der Waals surface area (Å²) in [5.41, 5.74) is 1.88. The number of carbonyl (C=O) groups is 2. The smallest absolute Gasteiger partial charge is 0.335 e. The van der Waals surface area contributed by atoms with Crippen molar-refractivity contribution >= 4 is 35.1 Å². The van der Waals surface area contributed by atoms with Gasteiger partial charge in [0.1, 0.15) is 0 Å². The molecule has 4 nitrogen and oxygen atoms in total. The number of hydrogen-bond acceptors (Lipinski definition) is 5. The van der Waals surface area contributed by atoms with E-state index in [4.69, 9.17) is 21.3 Å². The number of carbonyl (C=O) groups excluding carboxylic acids is 2. The number of methoxy groups -OCH3 is 2. The van der Waals surface area contributed by atoms with E-state index in [0.29, 0.717) is 17.3 Å². The summed E-state index contributed by atoms with van der Waals surface area (Å²) in [6, 6.07) is 17.3. The zero-order valence-corrected chi connectivity index (χ0v) is 19.8. The molecule has 2 aliphatic heterocycles.